The molecule has 0 fully saturated rings. The molecule has 0 saturated carbocycles. The van der Waals surface area contributed by atoms with Crippen LogP contribution in [0.2, 0.25) is 10.0 Å². The van der Waals surface area contributed by atoms with Gasteiger partial charge in [0.1, 0.15) is 6.61 Å². The van der Waals surface area contributed by atoms with Gasteiger partial charge in [-0.15, -0.1) is 0 Å². The molecule has 0 bridgehead atoms. The van der Waals surface area contributed by atoms with E-state index < -0.39 is 0 Å². The number of benzene rings is 3. The van der Waals surface area contributed by atoms with E-state index in [0.29, 0.717) is 34.1 Å². The molecule has 0 aromatic heterocycles. The zero-order valence-electron chi connectivity index (χ0n) is 17.4. The maximum atomic E-state index is 6.58. The summed E-state index contributed by atoms with van der Waals surface area (Å²) < 4.78 is 12.7. The first-order valence-corrected chi connectivity index (χ1v) is 12.1. The standard InChI is InChI=1S/C26H22BrCl2NO2/c1-31-23-11-16(10-20(27)26(23)32-14-15-6-3-2-4-7-15)25-19-9-5-8-18(19)24-21(29)12-17(28)13-22(24)30-25/h2-8,10-13,18-19,25,30H,9,14H2,1H3/t18-,19+,25-/m0/s1. The molecular weight excluding hydrogens is 509 g/mol. The molecule has 3 aromatic carbocycles. The van der Waals surface area contributed by atoms with E-state index >= 15 is 0 Å². The third-order valence-corrected chi connectivity index (χ3v) is 7.34. The summed E-state index contributed by atoms with van der Waals surface area (Å²) in [7, 11) is 1.67. The van der Waals surface area contributed by atoms with Gasteiger partial charge in [-0.1, -0.05) is 65.7 Å². The number of nitrogens with one attached hydrogen (secondary N) is 1. The second-order valence-corrected chi connectivity index (χ2v) is 9.83. The zero-order valence-corrected chi connectivity index (χ0v) is 20.5. The summed E-state index contributed by atoms with van der Waals surface area (Å²) in [4.78, 5) is 0. The summed E-state index contributed by atoms with van der Waals surface area (Å²) in [6.45, 7) is 0.468. The minimum Gasteiger partial charge on any atom is -0.493 e. The van der Waals surface area contributed by atoms with Crippen molar-refractivity contribution in [1.29, 1.82) is 0 Å². The predicted molar refractivity (Wildman–Crippen MR) is 134 cm³/mol. The Bertz CT molecular complexity index is 1180. The highest BCUT2D eigenvalue weighted by Gasteiger charge is 2.39. The molecule has 3 atom stereocenters. The first-order valence-electron chi connectivity index (χ1n) is 10.5. The molecule has 32 heavy (non-hydrogen) atoms. The molecule has 1 heterocycles. The van der Waals surface area contributed by atoms with E-state index in [1.165, 1.54) is 0 Å². The average Bonchev–Trinajstić information content (AvgIpc) is 3.27. The molecular formula is C26H22BrCl2NO2. The van der Waals surface area contributed by atoms with Gasteiger partial charge in [-0.2, -0.15) is 0 Å². The molecule has 3 aromatic rings. The van der Waals surface area contributed by atoms with Crippen LogP contribution in [-0.4, -0.2) is 7.11 Å². The van der Waals surface area contributed by atoms with Gasteiger partial charge in [-0.05, 0) is 63.7 Å². The van der Waals surface area contributed by atoms with Gasteiger partial charge in [-0.3, -0.25) is 0 Å². The Morgan fingerprint density at radius 2 is 1.91 bits per heavy atom. The maximum absolute atomic E-state index is 6.58. The van der Waals surface area contributed by atoms with Crippen LogP contribution in [0.4, 0.5) is 5.69 Å². The molecule has 164 valence electrons. The summed E-state index contributed by atoms with van der Waals surface area (Å²) in [6.07, 6.45) is 5.49. The molecule has 0 amide bonds. The van der Waals surface area contributed by atoms with E-state index in [9.17, 15) is 0 Å². The number of rotatable bonds is 5. The third-order valence-electron chi connectivity index (χ3n) is 6.22. The van der Waals surface area contributed by atoms with Crippen molar-refractivity contribution in [2.75, 3.05) is 12.4 Å². The number of ether oxygens (including phenoxy) is 2. The summed E-state index contributed by atoms with van der Waals surface area (Å²) in [6, 6.07) is 18.1. The zero-order chi connectivity index (χ0) is 22.2. The fourth-order valence-corrected chi connectivity index (χ4v) is 5.96. The molecule has 6 heteroatoms. The van der Waals surface area contributed by atoms with Crippen LogP contribution < -0.4 is 14.8 Å². The van der Waals surface area contributed by atoms with Crippen molar-refractivity contribution < 1.29 is 9.47 Å². The van der Waals surface area contributed by atoms with Crippen molar-refractivity contribution in [3.63, 3.8) is 0 Å². The second kappa shape index (κ2) is 9.01. The summed E-state index contributed by atoms with van der Waals surface area (Å²) in [5, 5.41) is 5.04. The molecule has 0 spiro atoms. The Morgan fingerprint density at radius 1 is 1.09 bits per heavy atom. The molecule has 3 nitrogen and oxygen atoms in total. The molecule has 2 aliphatic rings. The molecule has 5 rings (SSSR count). The molecule has 0 saturated heterocycles. The fraction of sp³-hybridized carbons (Fsp3) is 0.231. The van der Waals surface area contributed by atoms with Crippen molar-refractivity contribution >= 4 is 44.8 Å². The van der Waals surface area contributed by atoms with Crippen molar-refractivity contribution in [1.82, 2.24) is 0 Å². The number of fused-ring (bicyclic) bond motifs is 3. The third kappa shape index (κ3) is 4.00. The number of allylic oxidation sites excluding steroid dienone is 2. The molecule has 1 N–H and O–H groups in total. The topological polar surface area (TPSA) is 30.5 Å². The van der Waals surface area contributed by atoms with E-state index in [4.69, 9.17) is 32.7 Å². The van der Waals surface area contributed by atoms with Crippen LogP contribution in [0, 0.1) is 5.92 Å². The van der Waals surface area contributed by atoms with E-state index in [1.807, 2.05) is 42.5 Å². The Morgan fingerprint density at radius 3 is 2.69 bits per heavy atom. The predicted octanol–water partition coefficient (Wildman–Crippen LogP) is 8.17. The monoisotopic (exact) mass is 529 g/mol. The number of anilines is 1. The van der Waals surface area contributed by atoms with E-state index in [1.54, 1.807) is 7.11 Å². The molecule has 1 aliphatic heterocycles. The van der Waals surface area contributed by atoms with Crippen LogP contribution in [0.1, 0.15) is 35.1 Å². The van der Waals surface area contributed by atoms with Crippen LogP contribution in [0.25, 0.3) is 0 Å². The van der Waals surface area contributed by atoms with Gasteiger partial charge in [-0.25, -0.2) is 0 Å². The smallest absolute Gasteiger partial charge is 0.175 e. The highest BCUT2D eigenvalue weighted by Crippen LogP contribution is 2.53. The number of methoxy groups -OCH3 is 1. The van der Waals surface area contributed by atoms with Crippen LogP contribution in [0.15, 0.2) is 71.2 Å². The number of hydrogen-bond donors (Lipinski definition) is 1. The van der Waals surface area contributed by atoms with Gasteiger partial charge in [0.05, 0.1) is 17.6 Å². The summed E-state index contributed by atoms with van der Waals surface area (Å²) in [5.74, 6) is 2.00. The quantitative estimate of drug-likeness (QED) is 0.337. The minimum atomic E-state index is 0.0883. The van der Waals surface area contributed by atoms with Gasteiger partial charge in [0, 0.05) is 27.2 Å². The lowest BCUT2D eigenvalue weighted by Crippen LogP contribution is -2.29. The van der Waals surface area contributed by atoms with Gasteiger partial charge in [0.15, 0.2) is 11.5 Å². The van der Waals surface area contributed by atoms with Gasteiger partial charge >= 0.3 is 0 Å². The number of halogens is 3. The van der Waals surface area contributed by atoms with Crippen LogP contribution >= 0.6 is 39.1 Å². The Labute approximate surface area is 206 Å². The second-order valence-electron chi connectivity index (χ2n) is 8.13. The highest BCUT2D eigenvalue weighted by molar-refractivity contribution is 9.10. The van der Waals surface area contributed by atoms with Crippen molar-refractivity contribution in [2.45, 2.75) is 25.0 Å². The SMILES string of the molecule is COc1cc([C@@H]2Nc3cc(Cl)cc(Cl)c3[C@H]3C=CC[C@H]32)cc(Br)c1OCc1ccccc1. The lowest BCUT2D eigenvalue weighted by Gasteiger charge is -2.38. The summed E-state index contributed by atoms with van der Waals surface area (Å²) >= 11 is 16.6. The number of hydrogen-bond acceptors (Lipinski definition) is 3. The lowest BCUT2D eigenvalue weighted by atomic mass is 9.77. The molecule has 1 aliphatic carbocycles. The van der Waals surface area contributed by atoms with E-state index in [0.717, 1.165) is 33.3 Å². The van der Waals surface area contributed by atoms with E-state index in [-0.39, 0.29) is 12.0 Å². The minimum absolute atomic E-state index is 0.0883. The van der Waals surface area contributed by atoms with Crippen molar-refractivity contribution in [2.24, 2.45) is 5.92 Å². The fourth-order valence-electron chi connectivity index (χ4n) is 4.76. The Kier molecular flexibility index (Phi) is 6.11. The Hall–Kier alpha value is -2.14. The Balaban J connectivity index is 1.49. The van der Waals surface area contributed by atoms with E-state index in [2.05, 4.69) is 45.5 Å². The van der Waals surface area contributed by atoms with Crippen molar-refractivity contribution in [3.8, 4) is 11.5 Å². The molecule has 0 unspecified atom stereocenters. The summed E-state index contributed by atoms with van der Waals surface area (Å²) in [5.41, 5.74) is 4.34. The van der Waals surface area contributed by atoms with Gasteiger partial charge in [0.25, 0.3) is 0 Å². The van der Waals surface area contributed by atoms with Crippen LogP contribution in [-0.2, 0) is 6.61 Å². The first kappa shape index (κ1) is 21.7. The van der Waals surface area contributed by atoms with Gasteiger partial charge in [0.2, 0.25) is 0 Å². The van der Waals surface area contributed by atoms with Crippen LogP contribution in [0.3, 0.4) is 0 Å². The highest BCUT2D eigenvalue weighted by atomic mass is 79.9. The maximum Gasteiger partial charge on any atom is 0.175 e. The largest absolute Gasteiger partial charge is 0.493 e. The lowest BCUT2D eigenvalue weighted by molar-refractivity contribution is 0.282. The first-order chi connectivity index (χ1) is 15.5. The average molecular weight is 531 g/mol. The molecule has 0 radical (unpaired) electrons. The normalized spacial score (nSPS) is 20.9. The van der Waals surface area contributed by atoms with Crippen LogP contribution in [0.5, 0.6) is 11.5 Å². The van der Waals surface area contributed by atoms with Gasteiger partial charge < -0.3 is 14.8 Å². The van der Waals surface area contributed by atoms with Crippen molar-refractivity contribution in [3.05, 3.63) is 98.0 Å².